The fraction of sp³-hybridized carbons (Fsp3) is 0.400. The summed E-state index contributed by atoms with van der Waals surface area (Å²) in [5, 5.41) is 43.4. The first-order valence-corrected chi connectivity index (χ1v) is 17.2. The number of hydrogen-bond donors (Lipinski definition) is 4. The fourth-order valence-corrected chi connectivity index (χ4v) is 6.27. The Morgan fingerprint density at radius 2 is 1.00 bits per heavy atom. The Bertz CT molecular complexity index is 1550. The highest BCUT2D eigenvalue weighted by Gasteiger charge is 2.54. The van der Waals surface area contributed by atoms with E-state index in [0.717, 1.165) is 22.3 Å². The summed E-state index contributed by atoms with van der Waals surface area (Å²) >= 11 is 0. The predicted molar refractivity (Wildman–Crippen MR) is 185 cm³/mol. The Morgan fingerprint density at radius 1 is 0.549 bits per heavy atom. The quantitative estimate of drug-likeness (QED) is 0.128. The predicted octanol–water partition coefficient (Wildman–Crippen LogP) is 3.50. The van der Waals surface area contributed by atoms with Gasteiger partial charge in [0.1, 0.15) is 48.8 Å². The molecule has 2 aliphatic rings. The van der Waals surface area contributed by atoms with Crippen molar-refractivity contribution in [3.8, 4) is 0 Å². The zero-order valence-corrected chi connectivity index (χ0v) is 28.2. The molecule has 11 nitrogen and oxygen atoms in total. The molecular weight excluding hydrogens is 656 g/mol. The molecular formula is C40H46O11. The van der Waals surface area contributed by atoms with Crippen LogP contribution in [-0.2, 0) is 59.6 Å². The molecule has 0 bridgehead atoms. The van der Waals surface area contributed by atoms with E-state index in [4.69, 9.17) is 33.2 Å². The number of hydrogen-bond acceptors (Lipinski definition) is 11. The first-order chi connectivity index (χ1) is 25.0. The van der Waals surface area contributed by atoms with E-state index in [0.29, 0.717) is 6.61 Å². The van der Waals surface area contributed by atoms with Gasteiger partial charge < -0.3 is 53.6 Å². The van der Waals surface area contributed by atoms with Gasteiger partial charge in [-0.1, -0.05) is 121 Å². The van der Waals surface area contributed by atoms with Crippen molar-refractivity contribution in [1.82, 2.24) is 0 Å². The lowest BCUT2D eigenvalue weighted by Crippen LogP contribution is -2.62. The molecule has 0 amide bonds. The monoisotopic (exact) mass is 702 g/mol. The Balaban J connectivity index is 1.24. The first kappa shape index (κ1) is 37.2. The van der Waals surface area contributed by atoms with Crippen LogP contribution in [0.5, 0.6) is 0 Å². The Labute approximate surface area is 297 Å². The van der Waals surface area contributed by atoms with E-state index >= 15 is 0 Å². The summed E-state index contributed by atoms with van der Waals surface area (Å²) in [6.07, 6.45) is -11.6. The van der Waals surface area contributed by atoms with Crippen LogP contribution in [0.1, 0.15) is 22.3 Å². The SMILES string of the molecule is OC[C@@H](O)[C@@H]1O[C@H](O[C@H]2[C@@H](OCc3ccccc3)[C@H](OCc3ccccc3)[C@@H](COCc3ccccc3)O[C@@H]2O)[C@H](O)[C@H]1OCc1ccccc1. The average Bonchev–Trinajstić information content (AvgIpc) is 3.49. The molecule has 0 saturated carbocycles. The topological polar surface area (TPSA) is 146 Å². The lowest BCUT2D eigenvalue weighted by Gasteiger charge is -2.45. The highest BCUT2D eigenvalue weighted by Crippen LogP contribution is 2.34. The summed E-state index contributed by atoms with van der Waals surface area (Å²) in [5.74, 6) is 0. The van der Waals surface area contributed by atoms with Gasteiger partial charge in [0.25, 0.3) is 0 Å². The molecule has 0 aromatic heterocycles. The van der Waals surface area contributed by atoms with Gasteiger partial charge in [-0.3, -0.25) is 0 Å². The molecule has 2 aliphatic heterocycles. The summed E-state index contributed by atoms with van der Waals surface area (Å²) in [7, 11) is 0. The van der Waals surface area contributed by atoms with E-state index in [-0.39, 0.29) is 26.4 Å². The van der Waals surface area contributed by atoms with Gasteiger partial charge in [-0.25, -0.2) is 0 Å². The largest absolute Gasteiger partial charge is 0.394 e. The molecule has 51 heavy (non-hydrogen) atoms. The molecule has 2 fully saturated rings. The van der Waals surface area contributed by atoms with E-state index < -0.39 is 68.0 Å². The van der Waals surface area contributed by atoms with Crippen LogP contribution in [0.4, 0.5) is 0 Å². The van der Waals surface area contributed by atoms with Crippen LogP contribution in [0.25, 0.3) is 0 Å². The van der Waals surface area contributed by atoms with Gasteiger partial charge in [0.05, 0.1) is 39.6 Å². The van der Waals surface area contributed by atoms with E-state index in [2.05, 4.69) is 0 Å². The fourth-order valence-electron chi connectivity index (χ4n) is 6.27. The van der Waals surface area contributed by atoms with Crippen molar-refractivity contribution >= 4 is 0 Å². The maximum atomic E-state index is 11.5. The van der Waals surface area contributed by atoms with Crippen molar-refractivity contribution in [1.29, 1.82) is 0 Å². The highest BCUT2D eigenvalue weighted by molar-refractivity contribution is 5.16. The van der Waals surface area contributed by atoms with Crippen molar-refractivity contribution < 1.29 is 53.6 Å². The van der Waals surface area contributed by atoms with Gasteiger partial charge in [-0.15, -0.1) is 0 Å². The van der Waals surface area contributed by atoms with Gasteiger partial charge in [0, 0.05) is 0 Å². The number of benzene rings is 4. The standard InChI is InChI=1S/C40H46O11/c41-21-31(42)34-36(47-24-29-17-9-3-10-18-29)33(43)40(50-34)51-38-37(48-25-30-19-11-4-12-20-30)35(46-23-28-15-7-2-8-16-28)32(49-39(38)44)26-45-22-27-13-5-1-6-14-27/h1-20,31-44H,21-26H2/t31-,32-,33-,34+,35-,36-,37+,38+,39+,40-/m1/s1. The smallest absolute Gasteiger partial charge is 0.187 e. The third-order valence-electron chi connectivity index (χ3n) is 8.95. The molecule has 0 aliphatic carbocycles. The Hall–Kier alpha value is -3.56. The van der Waals surface area contributed by atoms with Crippen molar-refractivity contribution in [2.75, 3.05) is 13.2 Å². The molecule has 11 heteroatoms. The highest BCUT2D eigenvalue weighted by atomic mass is 16.8. The van der Waals surface area contributed by atoms with Gasteiger partial charge in [0.2, 0.25) is 0 Å². The second kappa shape index (κ2) is 18.8. The minimum Gasteiger partial charge on any atom is -0.394 e. The van der Waals surface area contributed by atoms with Crippen molar-refractivity contribution in [3.63, 3.8) is 0 Å². The molecule has 6 rings (SSSR count). The molecule has 0 unspecified atom stereocenters. The van der Waals surface area contributed by atoms with Crippen LogP contribution >= 0.6 is 0 Å². The summed E-state index contributed by atoms with van der Waals surface area (Å²) in [4.78, 5) is 0. The molecule has 4 N–H and O–H groups in total. The maximum Gasteiger partial charge on any atom is 0.187 e. The molecule has 0 radical (unpaired) electrons. The van der Waals surface area contributed by atoms with Crippen LogP contribution in [0.2, 0.25) is 0 Å². The minimum absolute atomic E-state index is 0.0754. The molecule has 4 aromatic rings. The van der Waals surface area contributed by atoms with E-state index in [1.165, 1.54) is 0 Å². The summed E-state index contributed by atoms with van der Waals surface area (Å²) in [6, 6.07) is 38.3. The third-order valence-corrected chi connectivity index (χ3v) is 8.95. The number of ether oxygens (including phenoxy) is 7. The van der Waals surface area contributed by atoms with Gasteiger partial charge >= 0.3 is 0 Å². The Morgan fingerprint density at radius 3 is 1.49 bits per heavy atom. The van der Waals surface area contributed by atoms with Crippen molar-refractivity contribution in [2.24, 2.45) is 0 Å². The second-order valence-corrected chi connectivity index (χ2v) is 12.7. The van der Waals surface area contributed by atoms with Crippen molar-refractivity contribution in [2.45, 2.75) is 87.8 Å². The van der Waals surface area contributed by atoms with Crippen LogP contribution in [0.3, 0.4) is 0 Å². The normalized spacial score (nSPS) is 28.4. The third kappa shape index (κ3) is 10.1. The van der Waals surface area contributed by atoms with E-state index in [1.54, 1.807) is 0 Å². The molecule has 2 saturated heterocycles. The van der Waals surface area contributed by atoms with Gasteiger partial charge in [-0.2, -0.15) is 0 Å². The van der Waals surface area contributed by atoms with Gasteiger partial charge in [-0.05, 0) is 22.3 Å². The Kier molecular flexibility index (Phi) is 13.7. The van der Waals surface area contributed by atoms with Crippen LogP contribution in [-0.4, -0.2) is 95.1 Å². The first-order valence-electron chi connectivity index (χ1n) is 17.2. The molecule has 2 heterocycles. The molecule has 0 spiro atoms. The van der Waals surface area contributed by atoms with Crippen LogP contribution in [0.15, 0.2) is 121 Å². The number of rotatable bonds is 17. The van der Waals surface area contributed by atoms with Crippen LogP contribution in [0, 0.1) is 0 Å². The number of aliphatic hydroxyl groups is 4. The van der Waals surface area contributed by atoms with Gasteiger partial charge in [0.15, 0.2) is 12.6 Å². The second-order valence-electron chi connectivity index (χ2n) is 12.7. The van der Waals surface area contributed by atoms with E-state index in [1.807, 2.05) is 121 Å². The molecule has 272 valence electrons. The van der Waals surface area contributed by atoms with Crippen LogP contribution < -0.4 is 0 Å². The summed E-state index contributed by atoms with van der Waals surface area (Å²) < 4.78 is 43.6. The zero-order valence-electron chi connectivity index (χ0n) is 28.2. The number of aliphatic hydroxyl groups excluding tert-OH is 4. The van der Waals surface area contributed by atoms with Crippen molar-refractivity contribution in [3.05, 3.63) is 144 Å². The minimum atomic E-state index is -1.55. The summed E-state index contributed by atoms with van der Waals surface area (Å²) in [6.45, 7) is 0.244. The lowest BCUT2D eigenvalue weighted by molar-refractivity contribution is -0.342. The lowest BCUT2D eigenvalue weighted by atomic mass is 9.97. The average molecular weight is 703 g/mol. The zero-order chi connectivity index (χ0) is 35.4. The maximum absolute atomic E-state index is 11.5. The summed E-state index contributed by atoms with van der Waals surface area (Å²) in [5.41, 5.74) is 3.62. The van der Waals surface area contributed by atoms with E-state index in [9.17, 15) is 20.4 Å². The molecule has 10 atom stereocenters. The molecule has 4 aromatic carbocycles.